The van der Waals surface area contributed by atoms with Gasteiger partial charge in [0.1, 0.15) is 11.6 Å². The number of para-hydroxylation sites is 1. The molecule has 0 atom stereocenters. The fourth-order valence-electron chi connectivity index (χ4n) is 2.59. The van der Waals surface area contributed by atoms with E-state index in [-0.39, 0.29) is 5.56 Å². The largest absolute Gasteiger partial charge is 0.493 e. The lowest BCUT2D eigenvalue weighted by Gasteiger charge is -2.12. The molecule has 0 radical (unpaired) electrons. The Hall–Kier alpha value is -2.62. The maximum atomic E-state index is 12.2. The van der Waals surface area contributed by atoms with Gasteiger partial charge < -0.3 is 9.72 Å². The molecule has 4 heteroatoms. The molecular weight excluding hydrogens is 300 g/mol. The standard InChI is InChI=1S/C20H22N2O2/c1-13(2)10-11-24-18-9-8-15(12-14(18)3)19-21-17-7-5-4-6-16(17)20(23)22-19/h4-9,12-13H,10-11H2,1-3H3,(H,21,22,23). The van der Waals surface area contributed by atoms with Crippen LogP contribution in [0.2, 0.25) is 0 Å². The molecular formula is C20H22N2O2. The monoisotopic (exact) mass is 322 g/mol. The molecule has 0 unspecified atom stereocenters. The van der Waals surface area contributed by atoms with Gasteiger partial charge in [0.05, 0.1) is 17.5 Å². The number of aromatic nitrogens is 2. The molecule has 0 aliphatic carbocycles. The van der Waals surface area contributed by atoms with Crippen LogP contribution >= 0.6 is 0 Å². The van der Waals surface area contributed by atoms with E-state index in [1.807, 2.05) is 43.3 Å². The third-order valence-corrected chi connectivity index (χ3v) is 4.01. The number of aromatic amines is 1. The number of aryl methyl sites for hydroxylation is 1. The molecule has 24 heavy (non-hydrogen) atoms. The molecule has 0 aliphatic rings. The molecule has 0 bridgehead atoms. The lowest BCUT2D eigenvalue weighted by molar-refractivity contribution is 0.288. The van der Waals surface area contributed by atoms with Crippen LogP contribution in [0.5, 0.6) is 5.75 Å². The minimum atomic E-state index is -0.120. The van der Waals surface area contributed by atoms with E-state index >= 15 is 0 Å². The molecule has 0 saturated carbocycles. The maximum Gasteiger partial charge on any atom is 0.259 e. The summed E-state index contributed by atoms with van der Waals surface area (Å²) in [5, 5.41) is 0.603. The Morgan fingerprint density at radius 2 is 1.96 bits per heavy atom. The van der Waals surface area contributed by atoms with Crippen LogP contribution in [0.3, 0.4) is 0 Å². The Bertz CT molecular complexity index is 913. The van der Waals surface area contributed by atoms with Crippen LogP contribution in [-0.4, -0.2) is 16.6 Å². The number of ether oxygens (including phenoxy) is 1. The predicted molar refractivity (Wildman–Crippen MR) is 97.5 cm³/mol. The summed E-state index contributed by atoms with van der Waals surface area (Å²) < 4.78 is 5.84. The second kappa shape index (κ2) is 6.87. The van der Waals surface area contributed by atoms with Crippen molar-refractivity contribution in [2.75, 3.05) is 6.61 Å². The number of nitrogens with zero attached hydrogens (tertiary/aromatic N) is 1. The van der Waals surface area contributed by atoms with Crippen LogP contribution in [0.4, 0.5) is 0 Å². The summed E-state index contributed by atoms with van der Waals surface area (Å²) in [5.41, 5.74) is 2.50. The van der Waals surface area contributed by atoms with E-state index in [0.29, 0.717) is 29.3 Å². The Morgan fingerprint density at radius 3 is 2.71 bits per heavy atom. The molecule has 2 aromatic carbocycles. The normalized spacial score (nSPS) is 11.2. The molecule has 1 heterocycles. The van der Waals surface area contributed by atoms with Crippen LogP contribution in [0.25, 0.3) is 22.3 Å². The van der Waals surface area contributed by atoms with E-state index in [4.69, 9.17) is 4.74 Å². The Labute approximate surface area is 141 Å². The summed E-state index contributed by atoms with van der Waals surface area (Å²) >= 11 is 0. The van der Waals surface area contributed by atoms with Gasteiger partial charge in [-0.25, -0.2) is 4.98 Å². The minimum absolute atomic E-state index is 0.120. The van der Waals surface area contributed by atoms with E-state index in [9.17, 15) is 4.79 Å². The first-order valence-corrected chi connectivity index (χ1v) is 8.27. The number of benzene rings is 2. The fraction of sp³-hybridized carbons (Fsp3) is 0.300. The second-order valence-electron chi connectivity index (χ2n) is 6.44. The van der Waals surface area contributed by atoms with Crippen molar-refractivity contribution >= 4 is 10.9 Å². The van der Waals surface area contributed by atoms with Crippen molar-refractivity contribution in [1.29, 1.82) is 0 Å². The Morgan fingerprint density at radius 1 is 1.17 bits per heavy atom. The van der Waals surface area contributed by atoms with E-state index < -0.39 is 0 Å². The highest BCUT2D eigenvalue weighted by Gasteiger charge is 2.08. The van der Waals surface area contributed by atoms with Gasteiger partial charge in [-0.2, -0.15) is 0 Å². The molecule has 4 nitrogen and oxygen atoms in total. The van der Waals surface area contributed by atoms with E-state index in [0.717, 1.165) is 23.3 Å². The molecule has 3 rings (SSSR count). The quantitative estimate of drug-likeness (QED) is 0.761. The molecule has 1 aromatic heterocycles. The SMILES string of the molecule is Cc1cc(-c2nc3ccccc3c(=O)[nH]2)ccc1OCCC(C)C. The predicted octanol–water partition coefficient (Wildman–Crippen LogP) is 4.32. The number of hydrogen-bond acceptors (Lipinski definition) is 3. The van der Waals surface area contributed by atoms with Crippen molar-refractivity contribution in [3.63, 3.8) is 0 Å². The summed E-state index contributed by atoms with van der Waals surface area (Å²) in [6, 6.07) is 13.2. The van der Waals surface area contributed by atoms with Crippen molar-refractivity contribution in [3.8, 4) is 17.1 Å². The Balaban J connectivity index is 1.90. The zero-order valence-corrected chi connectivity index (χ0v) is 14.3. The third kappa shape index (κ3) is 3.48. The van der Waals surface area contributed by atoms with E-state index in [1.54, 1.807) is 6.07 Å². The van der Waals surface area contributed by atoms with Gasteiger partial charge in [0, 0.05) is 5.56 Å². The van der Waals surface area contributed by atoms with Crippen LogP contribution < -0.4 is 10.3 Å². The summed E-state index contributed by atoms with van der Waals surface area (Å²) in [4.78, 5) is 19.6. The van der Waals surface area contributed by atoms with E-state index in [2.05, 4.69) is 23.8 Å². The average Bonchev–Trinajstić information content (AvgIpc) is 2.56. The Kier molecular flexibility index (Phi) is 4.65. The number of hydrogen-bond donors (Lipinski definition) is 1. The summed E-state index contributed by atoms with van der Waals surface area (Å²) in [6.45, 7) is 7.08. The van der Waals surface area contributed by atoms with Crippen molar-refractivity contribution in [2.24, 2.45) is 5.92 Å². The van der Waals surface area contributed by atoms with Gasteiger partial charge in [-0.15, -0.1) is 0 Å². The first-order chi connectivity index (χ1) is 11.5. The van der Waals surface area contributed by atoms with Crippen molar-refractivity contribution in [3.05, 3.63) is 58.4 Å². The smallest absolute Gasteiger partial charge is 0.259 e. The third-order valence-electron chi connectivity index (χ3n) is 4.01. The maximum absolute atomic E-state index is 12.2. The zero-order valence-electron chi connectivity index (χ0n) is 14.3. The van der Waals surface area contributed by atoms with Crippen LogP contribution in [0.1, 0.15) is 25.8 Å². The first-order valence-electron chi connectivity index (χ1n) is 8.27. The lowest BCUT2D eigenvalue weighted by Crippen LogP contribution is -2.09. The molecule has 0 fully saturated rings. The number of H-pyrrole nitrogens is 1. The zero-order chi connectivity index (χ0) is 17.1. The molecule has 1 N–H and O–H groups in total. The highest BCUT2D eigenvalue weighted by Crippen LogP contribution is 2.25. The van der Waals surface area contributed by atoms with Crippen LogP contribution in [0.15, 0.2) is 47.3 Å². The van der Waals surface area contributed by atoms with E-state index in [1.165, 1.54) is 0 Å². The fourth-order valence-corrected chi connectivity index (χ4v) is 2.59. The van der Waals surface area contributed by atoms with Gasteiger partial charge in [-0.05, 0) is 55.2 Å². The second-order valence-corrected chi connectivity index (χ2v) is 6.44. The van der Waals surface area contributed by atoms with Crippen molar-refractivity contribution in [1.82, 2.24) is 9.97 Å². The molecule has 0 spiro atoms. The van der Waals surface area contributed by atoms with Gasteiger partial charge in [-0.3, -0.25) is 4.79 Å². The van der Waals surface area contributed by atoms with Gasteiger partial charge in [0.25, 0.3) is 5.56 Å². The molecule has 0 saturated heterocycles. The molecule has 3 aromatic rings. The number of nitrogens with one attached hydrogen (secondary N) is 1. The van der Waals surface area contributed by atoms with Crippen LogP contribution in [-0.2, 0) is 0 Å². The highest BCUT2D eigenvalue weighted by molar-refractivity contribution is 5.79. The minimum Gasteiger partial charge on any atom is -0.493 e. The lowest BCUT2D eigenvalue weighted by atomic mass is 10.1. The van der Waals surface area contributed by atoms with Gasteiger partial charge in [0.15, 0.2) is 0 Å². The van der Waals surface area contributed by atoms with Gasteiger partial charge in [-0.1, -0.05) is 26.0 Å². The van der Waals surface area contributed by atoms with Crippen LogP contribution in [0, 0.1) is 12.8 Å². The van der Waals surface area contributed by atoms with Crippen molar-refractivity contribution in [2.45, 2.75) is 27.2 Å². The highest BCUT2D eigenvalue weighted by atomic mass is 16.5. The molecule has 0 amide bonds. The molecule has 124 valence electrons. The topological polar surface area (TPSA) is 55.0 Å². The van der Waals surface area contributed by atoms with Gasteiger partial charge >= 0.3 is 0 Å². The number of fused-ring (bicyclic) bond motifs is 1. The number of rotatable bonds is 5. The van der Waals surface area contributed by atoms with Gasteiger partial charge in [0.2, 0.25) is 0 Å². The molecule has 0 aliphatic heterocycles. The first kappa shape index (κ1) is 16.2. The van der Waals surface area contributed by atoms with Crippen molar-refractivity contribution < 1.29 is 4.74 Å². The summed E-state index contributed by atoms with van der Waals surface area (Å²) in [6.07, 6.45) is 1.03. The average molecular weight is 322 g/mol. The summed E-state index contributed by atoms with van der Waals surface area (Å²) in [5.74, 6) is 2.08. The summed E-state index contributed by atoms with van der Waals surface area (Å²) in [7, 11) is 0.